The van der Waals surface area contributed by atoms with Gasteiger partial charge in [0.15, 0.2) is 5.13 Å². The highest BCUT2D eigenvalue weighted by atomic mass is 32.1. The maximum Gasteiger partial charge on any atom is 0.265 e. The molecule has 1 aliphatic heterocycles. The molecule has 1 amide bonds. The van der Waals surface area contributed by atoms with Gasteiger partial charge in [-0.3, -0.25) is 4.79 Å². The van der Waals surface area contributed by atoms with Crippen molar-refractivity contribution >= 4 is 28.2 Å². The molecule has 1 aromatic heterocycles. The van der Waals surface area contributed by atoms with E-state index in [1.807, 2.05) is 0 Å². The number of nitrogens with zero attached hydrogens (tertiary/aromatic N) is 2. The monoisotopic (exact) mass is 308 g/mol. The second-order valence-electron chi connectivity index (χ2n) is 6.40. The summed E-state index contributed by atoms with van der Waals surface area (Å²) in [4.78, 5) is 19.5. The molecule has 3 rings (SSSR count). The van der Waals surface area contributed by atoms with Crippen molar-refractivity contribution in [2.75, 3.05) is 30.3 Å². The summed E-state index contributed by atoms with van der Waals surface area (Å²) in [5.41, 5.74) is 5.93. The lowest BCUT2D eigenvalue weighted by Gasteiger charge is -2.12. The highest BCUT2D eigenvalue weighted by molar-refractivity contribution is 7.18. The van der Waals surface area contributed by atoms with Crippen LogP contribution in [0.3, 0.4) is 0 Å². The first-order valence-electron chi connectivity index (χ1n) is 7.93. The number of carbonyl (C=O) groups is 1. The number of hydrogen-bond donors (Lipinski definition) is 2. The number of aromatic nitrogens is 1. The van der Waals surface area contributed by atoms with Gasteiger partial charge in [0.25, 0.3) is 5.91 Å². The van der Waals surface area contributed by atoms with Gasteiger partial charge in [0.2, 0.25) is 0 Å². The molecule has 1 aromatic rings. The van der Waals surface area contributed by atoms with Gasteiger partial charge < -0.3 is 16.0 Å². The van der Waals surface area contributed by atoms with Crippen LogP contribution in [0.1, 0.15) is 48.7 Å². The Morgan fingerprint density at radius 2 is 2.19 bits per heavy atom. The van der Waals surface area contributed by atoms with Gasteiger partial charge in [-0.05, 0) is 37.5 Å². The lowest BCUT2D eigenvalue weighted by molar-refractivity contribution is 0.0952. The molecule has 1 saturated heterocycles. The van der Waals surface area contributed by atoms with Crippen LogP contribution in [0.25, 0.3) is 0 Å². The van der Waals surface area contributed by atoms with Crippen LogP contribution >= 0.6 is 11.3 Å². The highest BCUT2D eigenvalue weighted by Crippen LogP contribution is 2.31. The Morgan fingerprint density at radius 3 is 2.86 bits per heavy atom. The molecule has 116 valence electrons. The number of nitrogen functional groups attached to an aromatic ring is 1. The third kappa shape index (κ3) is 3.31. The smallest absolute Gasteiger partial charge is 0.265 e. The van der Waals surface area contributed by atoms with E-state index in [4.69, 9.17) is 5.73 Å². The van der Waals surface area contributed by atoms with Gasteiger partial charge in [-0.25, -0.2) is 4.98 Å². The molecule has 2 heterocycles. The Hall–Kier alpha value is -1.30. The number of amides is 1. The average molecular weight is 308 g/mol. The van der Waals surface area contributed by atoms with Crippen LogP contribution in [0.15, 0.2) is 0 Å². The molecule has 0 bridgehead atoms. The van der Waals surface area contributed by atoms with Crippen LogP contribution in [0.4, 0.5) is 10.9 Å². The second kappa shape index (κ2) is 6.22. The Bertz CT molecular complexity index is 510. The van der Waals surface area contributed by atoms with Crippen LogP contribution in [0.2, 0.25) is 0 Å². The Labute approximate surface area is 129 Å². The number of anilines is 2. The molecular formula is C15H24N4OS. The zero-order chi connectivity index (χ0) is 14.8. The van der Waals surface area contributed by atoms with Crippen LogP contribution in [0, 0.1) is 11.8 Å². The topological polar surface area (TPSA) is 71.2 Å². The average Bonchev–Trinajstić information content (AvgIpc) is 3.16. The van der Waals surface area contributed by atoms with E-state index in [-0.39, 0.29) is 5.91 Å². The highest BCUT2D eigenvalue weighted by Gasteiger charge is 2.24. The van der Waals surface area contributed by atoms with Crippen LogP contribution in [-0.2, 0) is 0 Å². The maximum atomic E-state index is 12.3. The van der Waals surface area contributed by atoms with Gasteiger partial charge in [0.05, 0.1) is 0 Å². The second-order valence-corrected chi connectivity index (χ2v) is 7.38. The van der Waals surface area contributed by atoms with Crippen molar-refractivity contribution in [2.45, 2.75) is 39.0 Å². The minimum atomic E-state index is -0.0602. The zero-order valence-corrected chi connectivity index (χ0v) is 13.4. The van der Waals surface area contributed by atoms with E-state index in [0.717, 1.165) is 30.7 Å². The molecule has 2 unspecified atom stereocenters. The summed E-state index contributed by atoms with van der Waals surface area (Å²) in [6.45, 7) is 5.09. The number of nitrogens with one attached hydrogen (secondary N) is 1. The standard InChI is InChI=1S/C15H24N4OS/c1-10-4-5-11(8-10)9-17-14(20)12-13(16)18-15(21-12)19-6-2-3-7-19/h10-11H,2-9,16H2,1H3,(H,17,20). The summed E-state index contributed by atoms with van der Waals surface area (Å²) in [6.07, 6.45) is 6.11. The number of rotatable bonds is 4. The van der Waals surface area contributed by atoms with E-state index < -0.39 is 0 Å². The van der Waals surface area contributed by atoms with Crippen molar-refractivity contribution in [3.63, 3.8) is 0 Å². The molecule has 1 saturated carbocycles. The quantitative estimate of drug-likeness (QED) is 0.896. The molecule has 0 radical (unpaired) electrons. The summed E-state index contributed by atoms with van der Waals surface area (Å²) < 4.78 is 0. The fourth-order valence-electron chi connectivity index (χ4n) is 3.35. The van der Waals surface area contributed by atoms with E-state index in [2.05, 4.69) is 22.1 Å². The Balaban J connectivity index is 1.59. The Morgan fingerprint density at radius 1 is 1.43 bits per heavy atom. The first kappa shape index (κ1) is 14.6. The third-order valence-corrected chi connectivity index (χ3v) is 5.71. The molecule has 2 aliphatic rings. The van der Waals surface area contributed by atoms with E-state index in [9.17, 15) is 4.79 Å². The molecule has 0 aromatic carbocycles. The molecule has 21 heavy (non-hydrogen) atoms. The van der Waals surface area contributed by atoms with Crippen molar-refractivity contribution in [1.29, 1.82) is 0 Å². The van der Waals surface area contributed by atoms with E-state index >= 15 is 0 Å². The molecule has 3 N–H and O–H groups in total. The van der Waals surface area contributed by atoms with Gasteiger partial charge >= 0.3 is 0 Å². The van der Waals surface area contributed by atoms with Gasteiger partial charge in [-0.15, -0.1) is 0 Å². The summed E-state index contributed by atoms with van der Waals surface area (Å²) in [7, 11) is 0. The zero-order valence-electron chi connectivity index (χ0n) is 12.6. The first-order valence-corrected chi connectivity index (χ1v) is 8.74. The largest absolute Gasteiger partial charge is 0.382 e. The molecule has 6 heteroatoms. The molecular weight excluding hydrogens is 284 g/mol. The number of hydrogen-bond acceptors (Lipinski definition) is 5. The molecule has 5 nitrogen and oxygen atoms in total. The van der Waals surface area contributed by atoms with Gasteiger partial charge in [-0.2, -0.15) is 0 Å². The minimum absolute atomic E-state index is 0.0602. The van der Waals surface area contributed by atoms with Crippen molar-refractivity contribution in [3.05, 3.63) is 4.88 Å². The number of thiazole rings is 1. The van der Waals surface area contributed by atoms with E-state index in [1.165, 1.54) is 43.4 Å². The fraction of sp³-hybridized carbons (Fsp3) is 0.733. The van der Waals surface area contributed by atoms with Gasteiger partial charge in [-0.1, -0.05) is 24.7 Å². The molecule has 0 spiro atoms. The van der Waals surface area contributed by atoms with Crippen molar-refractivity contribution in [3.8, 4) is 0 Å². The summed E-state index contributed by atoms with van der Waals surface area (Å²) in [6, 6.07) is 0. The van der Waals surface area contributed by atoms with Gasteiger partial charge in [0, 0.05) is 19.6 Å². The van der Waals surface area contributed by atoms with Crippen molar-refractivity contribution in [1.82, 2.24) is 10.3 Å². The molecule has 1 aliphatic carbocycles. The van der Waals surface area contributed by atoms with Crippen LogP contribution < -0.4 is 16.0 Å². The van der Waals surface area contributed by atoms with Gasteiger partial charge in [0.1, 0.15) is 10.7 Å². The van der Waals surface area contributed by atoms with E-state index in [1.54, 1.807) is 0 Å². The maximum absolute atomic E-state index is 12.3. The summed E-state index contributed by atoms with van der Waals surface area (Å²) in [5, 5.41) is 3.93. The SMILES string of the molecule is CC1CCC(CNC(=O)c2sc(N3CCCC3)nc2N)C1. The lowest BCUT2D eigenvalue weighted by Crippen LogP contribution is -2.28. The van der Waals surface area contributed by atoms with Crippen molar-refractivity contribution < 1.29 is 4.79 Å². The Kier molecular flexibility index (Phi) is 4.33. The normalized spacial score (nSPS) is 25.5. The summed E-state index contributed by atoms with van der Waals surface area (Å²) >= 11 is 1.43. The summed E-state index contributed by atoms with van der Waals surface area (Å²) in [5.74, 6) is 1.73. The van der Waals surface area contributed by atoms with Crippen molar-refractivity contribution in [2.24, 2.45) is 11.8 Å². The van der Waals surface area contributed by atoms with Crippen LogP contribution in [0.5, 0.6) is 0 Å². The number of nitrogens with two attached hydrogens (primary N) is 1. The minimum Gasteiger partial charge on any atom is -0.382 e. The predicted octanol–water partition coefficient (Wildman–Crippen LogP) is 2.49. The van der Waals surface area contributed by atoms with E-state index in [0.29, 0.717) is 16.6 Å². The third-order valence-electron chi connectivity index (χ3n) is 4.58. The molecule has 2 atom stereocenters. The fourth-order valence-corrected chi connectivity index (χ4v) is 4.31. The predicted molar refractivity (Wildman–Crippen MR) is 86.8 cm³/mol. The van der Waals surface area contributed by atoms with Crippen LogP contribution in [-0.4, -0.2) is 30.5 Å². The lowest BCUT2D eigenvalue weighted by atomic mass is 10.1. The molecule has 2 fully saturated rings. The number of carbonyl (C=O) groups excluding carboxylic acids is 1. The first-order chi connectivity index (χ1) is 10.1.